The molecule has 0 fully saturated rings. The van der Waals surface area contributed by atoms with Gasteiger partial charge in [-0.2, -0.15) is 4.99 Å². The SMILES string of the molecule is CCCn1c(=NC(=O)COc2ccc(Cl)cc2)sc2c(C)ccc(OC)c21. The Morgan fingerprint density at radius 3 is 2.63 bits per heavy atom. The lowest BCUT2D eigenvalue weighted by molar-refractivity contribution is -0.120. The summed E-state index contributed by atoms with van der Waals surface area (Å²) < 4.78 is 14.2. The van der Waals surface area contributed by atoms with Gasteiger partial charge in [-0.25, -0.2) is 0 Å². The maximum Gasteiger partial charge on any atom is 0.286 e. The lowest BCUT2D eigenvalue weighted by Crippen LogP contribution is -2.19. The predicted molar refractivity (Wildman–Crippen MR) is 109 cm³/mol. The highest BCUT2D eigenvalue weighted by atomic mass is 35.5. The first-order chi connectivity index (χ1) is 13.0. The third kappa shape index (κ3) is 4.34. The summed E-state index contributed by atoms with van der Waals surface area (Å²) in [4.78, 5) is 17.3. The van der Waals surface area contributed by atoms with Crippen LogP contribution in [0.15, 0.2) is 41.4 Å². The molecule has 0 aliphatic heterocycles. The van der Waals surface area contributed by atoms with Gasteiger partial charge in [0.25, 0.3) is 5.91 Å². The molecule has 1 amide bonds. The van der Waals surface area contributed by atoms with Crippen molar-refractivity contribution in [1.82, 2.24) is 4.57 Å². The average Bonchev–Trinajstić information content (AvgIpc) is 3.01. The number of aryl methyl sites for hydroxylation is 2. The second-order valence-electron chi connectivity index (χ2n) is 6.05. The fraction of sp³-hybridized carbons (Fsp3) is 0.300. The number of carbonyl (C=O) groups excluding carboxylic acids is 1. The molecule has 0 saturated heterocycles. The van der Waals surface area contributed by atoms with Gasteiger partial charge in [-0.1, -0.05) is 35.9 Å². The molecule has 0 aliphatic rings. The molecule has 0 radical (unpaired) electrons. The van der Waals surface area contributed by atoms with Crippen LogP contribution in [0.5, 0.6) is 11.5 Å². The highest BCUT2D eigenvalue weighted by Gasteiger charge is 2.14. The molecule has 0 N–H and O–H groups in total. The molecule has 27 heavy (non-hydrogen) atoms. The average molecular weight is 405 g/mol. The van der Waals surface area contributed by atoms with E-state index in [2.05, 4.69) is 11.9 Å². The summed E-state index contributed by atoms with van der Waals surface area (Å²) in [5.41, 5.74) is 2.11. The van der Waals surface area contributed by atoms with E-state index in [9.17, 15) is 4.79 Å². The van der Waals surface area contributed by atoms with Crippen LogP contribution in [0.1, 0.15) is 18.9 Å². The van der Waals surface area contributed by atoms with Crippen LogP contribution in [0, 0.1) is 6.92 Å². The van der Waals surface area contributed by atoms with Crippen molar-refractivity contribution in [1.29, 1.82) is 0 Å². The largest absolute Gasteiger partial charge is 0.495 e. The first-order valence-corrected chi connectivity index (χ1v) is 9.85. The van der Waals surface area contributed by atoms with Crippen LogP contribution < -0.4 is 14.3 Å². The van der Waals surface area contributed by atoms with Crippen LogP contribution >= 0.6 is 22.9 Å². The molecule has 1 aromatic heterocycles. The van der Waals surface area contributed by atoms with Crippen molar-refractivity contribution in [3.63, 3.8) is 0 Å². The number of rotatable bonds is 6. The van der Waals surface area contributed by atoms with Crippen molar-refractivity contribution in [2.45, 2.75) is 26.8 Å². The molecule has 7 heteroatoms. The predicted octanol–water partition coefficient (Wildman–Crippen LogP) is 4.59. The van der Waals surface area contributed by atoms with Crippen molar-refractivity contribution >= 4 is 39.1 Å². The Labute approximate surface area is 166 Å². The second kappa shape index (κ2) is 8.59. The smallest absolute Gasteiger partial charge is 0.286 e. The Morgan fingerprint density at radius 2 is 1.96 bits per heavy atom. The number of benzene rings is 2. The van der Waals surface area contributed by atoms with Gasteiger partial charge in [0, 0.05) is 11.6 Å². The Bertz CT molecular complexity index is 1020. The van der Waals surface area contributed by atoms with Gasteiger partial charge >= 0.3 is 0 Å². The molecule has 2 aromatic carbocycles. The topological polar surface area (TPSA) is 52.8 Å². The van der Waals surface area contributed by atoms with E-state index < -0.39 is 0 Å². The van der Waals surface area contributed by atoms with Gasteiger partial charge in [0.15, 0.2) is 11.4 Å². The molecule has 0 spiro atoms. The quantitative estimate of drug-likeness (QED) is 0.603. The summed E-state index contributed by atoms with van der Waals surface area (Å²) in [6.07, 6.45) is 0.922. The van der Waals surface area contributed by atoms with Gasteiger partial charge in [-0.3, -0.25) is 4.79 Å². The molecular formula is C20H21ClN2O3S. The molecule has 5 nitrogen and oxygen atoms in total. The third-order valence-electron chi connectivity index (χ3n) is 4.05. The standard InChI is InChI=1S/C20H21ClN2O3S/c1-4-11-23-18-16(25-3)10-5-13(2)19(18)27-20(23)22-17(24)12-26-15-8-6-14(21)7-9-15/h5-10H,4,11-12H2,1-3H3. The number of hydrogen-bond acceptors (Lipinski definition) is 4. The summed E-state index contributed by atoms with van der Waals surface area (Å²) >= 11 is 7.35. The lowest BCUT2D eigenvalue weighted by Gasteiger charge is -2.08. The number of methoxy groups -OCH3 is 1. The van der Waals surface area contributed by atoms with Gasteiger partial charge in [-0.15, -0.1) is 0 Å². The van der Waals surface area contributed by atoms with Crippen LogP contribution in [0.25, 0.3) is 10.2 Å². The molecule has 142 valence electrons. The van der Waals surface area contributed by atoms with Gasteiger partial charge in [0.2, 0.25) is 0 Å². The number of aromatic nitrogens is 1. The van der Waals surface area contributed by atoms with Crippen molar-refractivity contribution < 1.29 is 14.3 Å². The number of carbonyl (C=O) groups is 1. The first kappa shape index (κ1) is 19.5. The number of fused-ring (bicyclic) bond motifs is 1. The number of amides is 1. The molecule has 0 unspecified atom stereocenters. The van der Waals surface area contributed by atoms with Crippen molar-refractivity contribution in [3.8, 4) is 11.5 Å². The summed E-state index contributed by atoms with van der Waals surface area (Å²) in [6.45, 7) is 4.76. The summed E-state index contributed by atoms with van der Waals surface area (Å²) in [5, 5.41) is 0.619. The van der Waals surface area contributed by atoms with Crippen molar-refractivity contribution in [2.24, 2.45) is 4.99 Å². The van der Waals surface area contributed by atoms with Crippen LogP contribution in [0.4, 0.5) is 0 Å². The molecule has 0 saturated carbocycles. The van der Waals surface area contributed by atoms with Gasteiger partial charge in [0.05, 0.1) is 11.8 Å². The second-order valence-corrected chi connectivity index (χ2v) is 7.46. The maximum atomic E-state index is 12.4. The van der Waals surface area contributed by atoms with Crippen LogP contribution in [-0.2, 0) is 11.3 Å². The molecule has 3 rings (SSSR count). The number of halogens is 1. The normalized spacial score (nSPS) is 11.8. The van der Waals surface area contributed by atoms with Crippen LogP contribution in [0.2, 0.25) is 5.02 Å². The van der Waals surface area contributed by atoms with Crippen molar-refractivity contribution in [3.05, 3.63) is 51.8 Å². The Kier molecular flexibility index (Phi) is 6.19. The first-order valence-electron chi connectivity index (χ1n) is 8.66. The highest BCUT2D eigenvalue weighted by molar-refractivity contribution is 7.16. The van der Waals surface area contributed by atoms with Crippen LogP contribution in [-0.4, -0.2) is 24.2 Å². The number of nitrogens with zero attached hydrogens (tertiary/aromatic N) is 2. The Hall–Kier alpha value is -2.31. The monoisotopic (exact) mass is 404 g/mol. The number of hydrogen-bond donors (Lipinski definition) is 0. The lowest BCUT2D eigenvalue weighted by atomic mass is 10.2. The van der Waals surface area contributed by atoms with E-state index >= 15 is 0 Å². The zero-order valence-electron chi connectivity index (χ0n) is 15.5. The summed E-state index contributed by atoms with van der Waals surface area (Å²) in [7, 11) is 1.65. The Balaban J connectivity index is 1.94. The number of ether oxygens (including phenoxy) is 2. The molecule has 0 aliphatic carbocycles. The van der Waals surface area contributed by atoms with E-state index in [-0.39, 0.29) is 12.5 Å². The van der Waals surface area contributed by atoms with Crippen molar-refractivity contribution in [2.75, 3.05) is 13.7 Å². The van der Waals surface area contributed by atoms with E-state index in [1.165, 1.54) is 11.3 Å². The van der Waals surface area contributed by atoms with E-state index in [0.29, 0.717) is 15.6 Å². The molecule has 0 bridgehead atoms. The Morgan fingerprint density at radius 1 is 1.22 bits per heavy atom. The molecule has 0 atom stereocenters. The minimum atomic E-state index is -0.335. The van der Waals surface area contributed by atoms with E-state index in [4.69, 9.17) is 21.1 Å². The third-order valence-corrected chi connectivity index (χ3v) is 5.51. The van der Waals surface area contributed by atoms with E-state index in [1.54, 1.807) is 31.4 Å². The van der Waals surface area contributed by atoms with Crippen LogP contribution in [0.3, 0.4) is 0 Å². The van der Waals surface area contributed by atoms with E-state index in [1.807, 2.05) is 23.6 Å². The zero-order chi connectivity index (χ0) is 19.4. The van der Waals surface area contributed by atoms with Gasteiger partial charge in [-0.05, 0) is 49.2 Å². The minimum Gasteiger partial charge on any atom is -0.495 e. The highest BCUT2D eigenvalue weighted by Crippen LogP contribution is 2.30. The fourth-order valence-electron chi connectivity index (χ4n) is 2.77. The molecular weight excluding hydrogens is 384 g/mol. The van der Waals surface area contributed by atoms with E-state index in [0.717, 1.165) is 34.5 Å². The maximum absolute atomic E-state index is 12.4. The summed E-state index contributed by atoms with van der Waals surface area (Å²) in [6, 6.07) is 10.8. The van der Waals surface area contributed by atoms with Gasteiger partial charge < -0.3 is 14.0 Å². The zero-order valence-corrected chi connectivity index (χ0v) is 17.1. The fourth-order valence-corrected chi connectivity index (χ4v) is 4.06. The number of thiazole rings is 1. The summed E-state index contributed by atoms with van der Waals surface area (Å²) in [5.74, 6) is 1.03. The van der Waals surface area contributed by atoms with Gasteiger partial charge in [0.1, 0.15) is 17.0 Å². The minimum absolute atomic E-state index is 0.127. The molecule has 3 aromatic rings. The molecule has 1 heterocycles.